The van der Waals surface area contributed by atoms with E-state index in [1.807, 2.05) is 0 Å². The third-order valence-corrected chi connectivity index (χ3v) is 5.59. The van der Waals surface area contributed by atoms with Crippen molar-refractivity contribution in [2.75, 3.05) is 32.0 Å². The van der Waals surface area contributed by atoms with E-state index in [4.69, 9.17) is 4.74 Å². The third-order valence-electron chi connectivity index (χ3n) is 4.14. The van der Waals surface area contributed by atoms with Crippen LogP contribution in [0, 0.1) is 5.92 Å². The molecular formula is C15H30N2O4S. The third kappa shape index (κ3) is 7.56. The van der Waals surface area contributed by atoms with Crippen LogP contribution in [0.15, 0.2) is 0 Å². The summed E-state index contributed by atoms with van der Waals surface area (Å²) in [5.74, 6) is -0.246. The molecule has 0 bridgehead atoms. The minimum absolute atomic E-state index is 0.0515. The zero-order valence-corrected chi connectivity index (χ0v) is 14.8. The maximum Gasteiger partial charge on any atom is 0.235 e. The number of piperidine rings is 1. The lowest BCUT2D eigenvalue weighted by Crippen LogP contribution is -2.40. The average molecular weight is 334 g/mol. The van der Waals surface area contributed by atoms with Crippen molar-refractivity contribution in [3.63, 3.8) is 0 Å². The van der Waals surface area contributed by atoms with E-state index in [0.29, 0.717) is 6.10 Å². The van der Waals surface area contributed by atoms with Crippen molar-refractivity contribution >= 4 is 15.9 Å². The van der Waals surface area contributed by atoms with Gasteiger partial charge in [-0.05, 0) is 45.2 Å². The number of carbonyl (C=O) groups is 1. The van der Waals surface area contributed by atoms with E-state index in [1.165, 1.54) is 0 Å². The molecule has 1 aliphatic heterocycles. The molecule has 7 heteroatoms. The first-order valence-corrected chi connectivity index (χ1v) is 9.88. The van der Waals surface area contributed by atoms with Gasteiger partial charge in [0.05, 0.1) is 18.5 Å². The molecule has 22 heavy (non-hydrogen) atoms. The highest BCUT2D eigenvalue weighted by atomic mass is 32.2. The number of hydrogen-bond donors (Lipinski definition) is 1. The number of nitrogens with zero attached hydrogens (tertiary/aromatic N) is 1. The Bertz CT molecular complexity index is 431. The van der Waals surface area contributed by atoms with Gasteiger partial charge in [0.1, 0.15) is 0 Å². The molecule has 6 nitrogen and oxygen atoms in total. The van der Waals surface area contributed by atoms with Crippen LogP contribution < -0.4 is 4.72 Å². The second-order valence-corrected chi connectivity index (χ2v) is 7.80. The molecule has 0 aromatic carbocycles. The molecule has 1 heterocycles. The molecule has 130 valence electrons. The summed E-state index contributed by atoms with van der Waals surface area (Å²) >= 11 is 0. The maximum absolute atomic E-state index is 11.9. The molecule has 0 saturated carbocycles. The molecular weight excluding hydrogens is 304 g/mol. The average Bonchev–Trinajstić information content (AvgIpc) is 2.47. The summed E-state index contributed by atoms with van der Waals surface area (Å²) in [7, 11) is -3.48. The van der Waals surface area contributed by atoms with E-state index in [9.17, 15) is 13.2 Å². The highest BCUT2D eigenvalue weighted by molar-refractivity contribution is 7.90. The van der Waals surface area contributed by atoms with Crippen LogP contribution >= 0.6 is 0 Å². The van der Waals surface area contributed by atoms with Gasteiger partial charge in [0, 0.05) is 13.0 Å². The Balaban J connectivity index is 2.26. The topological polar surface area (TPSA) is 75.7 Å². The van der Waals surface area contributed by atoms with Gasteiger partial charge in [-0.25, -0.2) is 8.42 Å². The lowest BCUT2D eigenvalue weighted by molar-refractivity contribution is -0.119. The molecule has 0 spiro atoms. The van der Waals surface area contributed by atoms with Crippen molar-refractivity contribution in [3.8, 4) is 0 Å². The zero-order chi connectivity index (χ0) is 16.6. The fraction of sp³-hybridized carbons (Fsp3) is 0.933. The number of nitrogens with one attached hydrogen (secondary N) is 1. The van der Waals surface area contributed by atoms with Crippen LogP contribution in [0.4, 0.5) is 0 Å². The normalized spacial score (nSPS) is 19.0. The molecule has 1 aliphatic rings. The molecule has 0 radical (unpaired) electrons. The van der Waals surface area contributed by atoms with E-state index in [2.05, 4.69) is 23.5 Å². The first-order chi connectivity index (χ1) is 10.4. The van der Waals surface area contributed by atoms with Gasteiger partial charge in [0.15, 0.2) is 0 Å². The summed E-state index contributed by atoms with van der Waals surface area (Å²) < 4.78 is 31.5. The van der Waals surface area contributed by atoms with Crippen LogP contribution in [-0.2, 0) is 19.6 Å². The molecule has 0 aromatic heterocycles. The number of hydrogen-bond acceptors (Lipinski definition) is 5. The van der Waals surface area contributed by atoms with Crippen LogP contribution in [0.25, 0.3) is 0 Å². The molecule has 1 atom stereocenters. The van der Waals surface area contributed by atoms with Crippen LogP contribution in [0.1, 0.15) is 46.5 Å². The van der Waals surface area contributed by atoms with E-state index >= 15 is 0 Å². The van der Waals surface area contributed by atoms with Gasteiger partial charge in [-0.2, -0.15) is 0 Å². The first kappa shape index (κ1) is 19.4. The Morgan fingerprint density at radius 1 is 1.32 bits per heavy atom. The predicted octanol–water partition coefficient (Wildman–Crippen LogP) is 1.37. The van der Waals surface area contributed by atoms with Crippen molar-refractivity contribution in [1.29, 1.82) is 0 Å². The van der Waals surface area contributed by atoms with Crippen LogP contribution in [-0.4, -0.2) is 57.3 Å². The number of sulfonamides is 1. The van der Waals surface area contributed by atoms with Crippen LogP contribution in [0.5, 0.6) is 0 Å². The Hall–Kier alpha value is -0.660. The van der Waals surface area contributed by atoms with Gasteiger partial charge in [-0.3, -0.25) is 9.52 Å². The van der Waals surface area contributed by atoms with Crippen molar-refractivity contribution in [2.24, 2.45) is 5.92 Å². The Labute approximate surface area is 134 Å². The summed E-state index contributed by atoms with van der Waals surface area (Å²) in [6.07, 6.45) is 3.21. The quantitative estimate of drug-likeness (QED) is 0.689. The highest BCUT2D eigenvalue weighted by Crippen LogP contribution is 2.18. The van der Waals surface area contributed by atoms with E-state index < -0.39 is 15.9 Å². The molecule has 1 unspecified atom stereocenters. The molecule has 1 N–H and O–H groups in total. The number of likely N-dealkylation sites (tertiary alicyclic amines) is 1. The van der Waals surface area contributed by atoms with Crippen molar-refractivity contribution < 1.29 is 17.9 Å². The second kappa shape index (κ2) is 9.47. The zero-order valence-electron chi connectivity index (χ0n) is 14.0. The summed E-state index contributed by atoms with van der Waals surface area (Å²) in [6.45, 7) is 9.23. The molecule has 0 aromatic rings. The smallest absolute Gasteiger partial charge is 0.235 e. The van der Waals surface area contributed by atoms with Gasteiger partial charge in [-0.1, -0.05) is 13.8 Å². The predicted molar refractivity (Wildman–Crippen MR) is 87.1 cm³/mol. The van der Waals surface area contributed by atoms with Crippen molar-refractivity contribution in [2.45, 2.75) is 52.6 Å². The number of amides is 1. The minimum atomic E-state index is -3.48. The lowest BCUT2D eigenvalue weighted by atomic mass is 9.99. The second-order valence-electron chi connectivity index (χ2n) is 6.03. The summed E-state index contributed by atoms with van der Waals surface area (Å²) in [5, 5.41) is 0. The SMILES string of the molecule is CCC(=O)NS(=O)(=O)CC1CCN(CCOC(C)CC)CC1. The van der Waals surface area contributed by atoms with E-state index in [1.54, 1.807) is 6.92 Å². The summed E-state index contributed by atoms with van der Waals surface area (Å²) in [4.78, 5) is 13.5. The molecule has 1 rings (SSSR count). The maximum atomic E-state index is 11.9. The van der Waals surface area contributed by atoms with E-state index in [0.717, 1.165) is 45.5 Å². The molecule has 1 fully saturated rings. The fourth-order valence-electron chi connectivity index (χ4n) is 2.48. The van der Waals surface area contributed by atoms with Gasteiger partial charge >= 0.3 is 0 Å². The van der Waals surface area contributed by atoms with Gasteiger partial charge in [0.25, 0.3) is 0 Å². The Morgan fingerprint density at radius 3 is 2.50 bits per heavy atom. The number of carbonyl (C=O) groups excluding carboxylic acids is 1. The summed E-state index contributed by atoms with van der Waals surface area (Å²) in [5.41, 5.74) is 0. The van der Waals surface area contributed by atoms with Gasteiger partial charge in [0.2, 0.25) is 15.9 Å². The van der Waals surface area contributed by atoms with Crippen LogP contribution in [0.2, 0.25) is 0 Å². The number of rotatable bonds is 9. The Kier molecular flexibility index (Phi) is 8.35. The van der Waals surface area contributed by atoms with Gasteiger partial charge in [-0.15, -0.1) is 0 Å². The molecule has 0 aliphatic carbocycles. The van der Waals surface area contributed by atoms with Crippen molar-refractivity contribution in [3.05, 3.63) is 0 Å². The lowest BCUT2D eigenvalue weighted by Gasteiger charge is -2.31. The Morgan fingerprint density at radius 2 is 1.95 bits per heavy atom. The molecule has 1 saturated heterocycles. The van der Waals surface area contributed by atoms with Crippen molar-refractivity contribution in [1.82, 2.24) is 9.62 Å². The van der Waals surface area contributed by atoms with Gasteiger partial charge < -0.3 is 9.64 Å². The monoisotopic (exact) mass is 334 g/mol. The summed E-state index contributed by atoms with van der Waals surface area (Å²) in [6, 6.07) is 0. The van der Waals surface area contributed by atoms with E-state index in [-0.39, 0.29) is 18.1 Å². The standard InChI is InChI=1S/C15H30N2O4S/c1-4-13(3)21-11-10-17-8-6-14(7-9-17)12-22(19,20)16-15(18)5-2/h13-14H,4-12H2,1-3H3,(H,16,18). The minimum Gasteiger partial charge on any atom is -0.377 e. The number of ether oxygens (including phenoxy) is 1. The molecule has 1 amide bonds. The fourth-order valence-corrected chi connectivity index (χ4v) is 4.00. The van der Waals surface area contributed by atoms with Crippen LogP contribution in [0.3, 0.4) is 0 Å². The first-order valence-electron chi connectivity index (χ1n) is 8.23. The highest BCUT2D eigenvalue weighted by Gasteiger charge is 2.25. The largest absolute Gasteiger partial charge is 0.377 e.